The van der Waals surface area contributed by atoms with E-state index in [1.54, 1.807) is 0 Å². The lowest BCUT2D eigenvalue weighted by molar-refractivity contribution is -0.137. The predicted molar refractivity (Wildman–Crippen MR) is 122 cm³/mol. The quantitative estimate of drug-likeness (QED) is 0.523. The molecule has 12 heteroatoms. The van der Waals surface area contributed by atoms with Crippen LogP contribution in [0, 0.1) is 13.8 Å². The lowest BCUT2D eigenvalue weighted by Gasteiger charge is -2.31. The van der Waals surface area contributed by atoms with E-state index in [2.05, 4.69) is 20.8 Å². The minimum absolute atomic E-state index is 0.0794. The number of alkyl halides is 3. The Balaban J connectivity index is 1.50. The minimum Gasteiger partial charge on any atom is -0.378 e. The number of halogens is 3. The summed E-state index contributed by atoms with van der Waals surface area (Å²) in [5, 5.41) is 14.7. The van der Waals surface area contributed by atoms with E-state index in [1.807, 2.05) is 36.9 Å². The SMILES string of the molecule is Cc1ccc(-n2nnnc2SCC(=O)Nc2cc(C(F)(F)F)ccc2N2CCOCC2)cc1C. The van der Waals surface area contributed by atoms with E-state index in [9.17, 15) is 18.0 Å². The van der Waals surface area contributed by atoms with Crippen molar-refractivity contribution in [1.29, 1.82) is 0 Å². The molecule has 0 atom stereocenters. The Bertz CT molecular complexity index is 1180. The first-order chi connectivity index (χ1) is 16.2. The van der Waals surface area contributed by atoms with Crippen LogP contribution < -0.4 is 10.2 Å². The second-order valence-corrected chi connectivity index (χ2v) is 8.75. The Morgan fingerprint density at radius 2 is 1.88 bits per heavy atom. The van der Waals surface area contributed by atoms with Crippen LogP contribution in [0.25, 0.3) is 5.69 Å². The zero-order valence-corrected chi connectivity index (χ0v) is 19.4. The van der Waals surface area contributed by atoms with Crippen LogP contribution in [-0.4, -0.2) is 58.2 Å². The number of hydrogen-bond acceptors (Lipinski definition) is 7. The number of nitrogens with zero attached hydrogens (tertiary/aromatic N) is 5. The summed E-state index contributed by atoms with van der Waals surface area (Å²) in [5.74, 6) is -0.544. The highest BCUT2D eigenvalue weighted by Gasteiger charge is 2.32. The van der Waals surface area contributed by atoms with Gasteiger partial charge >= 0.3 is 6.18 Å². The molecule has 0 unspecified atom stereocenters. The molecule has 2 aromatic carbocycles. The van der Waals surface area contributed by atoms with Gasteiger partial charge in [0.1, 0.15) is 0 Å². The summed E-state index contributed by atoms with van der Waals surface area (Å²) in [6.45, 7) is 5.94. The maximum Gasteiger partial charge on any atom is 0.416 e. The molecule has 180 valence electrons. The standard InChI is InChI=1S/C22H23F3N6O2S/c1-14-3-5-17(11-15(14)2)31-21(27-28-29-31)34-13-20(32)26-18-12-16(22(23,24)25)4-6-19(18)30-7-9-33-10-8-30/h3-6,11-12H,7-10,13H2,1-2H3,(H,26,32). The number of hydrogen-bond donors (Lipinski definition) is 1. The van der Waals surface area contributed by atoms with Crippen LogP contribution in [0.15, 0.2) is 41.6 Å². The largest absolute Gasteiger partial charge is 0.416 e. The van der Waals surface area contributed by atoms with E-state index in [1.165, 1.54) is 10.7 Å². The van der Waals surface area contributed by atoms with Gasteiger partial charge in [-0.05, 0) is 65.7 Å². The number of benzene rings is 2. The van der Waals surface area contributed by atoms with Crippen LogP contribution in [0.2, 0.25) is 0 Å². The number of amides is 1. The molecule has 1 aromatic heterocycles. The van der Waals surface area contributed by atoms with Crippen molar-refractivity contribution < 1.29 is 22.7 Å². The Morgan fingerprint density at radius 3 is 2.59 bits per heavy atom. The highest BCUT2D eigenvalue weighted by atomic mass is 32.2. The normalized spacial score (nSPS) is 14.3. The van der Waals surface area contributed by atoms with E-state index in [4.69, 9.17) is 4.74 Å². The molecule has 0 aliphatic carbocycles. The molecule has 1 fully saturated rings. The molecule has 34 heavy (non-hydrogen) atoms. The van der Waals surface area contributed by atoms with Gasteiger partial charge in [0.2, 0.25) is 11.1 Å². The molecule has 4 rings (SSSR count). The molecule has 1 amide bonds. The molecule has 1 N–H and O–H groups in total. The molecule has 0 saturated carbocycles. The van der Waals surface area contributed by atoms with Crippen molar-refractivity contribution in [3.8, 4) is 5.69 Å². The first kappa shape index (κ1) is 24.0. The van der Waals surface area contributed by atoms with Gasteiger partial charge in [0.25, 0.3) is 0 Å². The van der Waals surface area contributed by atoms with E-state index in [0.717, 1.165) is 40.7 Å². The fourth-order valence-corrected chi connectivity index (χ4v) is 4.19. The van der Waals surface area contributed by atoms with Crippen LogP contribution in [0.3, 0.4) is 0 Å². The van der Waals surface area contributed by atoms with Crippen molar-refractivity contribution >= 4 is 29.0 Å². The fraction of sp³-hybridized carbons (Fsp3) is 0.364. The smallest absolute Gasteiger partial charge is 0.378 e. The number of morpholine rings is 1. The lowest BCUT2D eigenvalue weighted by atomic mass is 10.1. The van der Waals surface area contributed by atoms with E-state index < -0.39 is 17.6 Å². The van der Waals surface area contributed by atoms with Crippen molar-refractivity contribution in [2.45, 2.75) is 25.2 Å². The summed E-state index contributed by atoms with van der Waals surface area (Å²) in [5.41, 5.74) is 2.75. The van der Waals surface area contributed by atoms with Crippen LogP contribution in [0.4, 0.5) is 24.5 Å². The molecule has 0 spiro atoms. The number of aromatic nitrogens is 4. The number of aryl methyl sites for hydroxylation is 2. The number of tetrazole rings is 1. The van der Waals surface area contributed by atoms with Crippen LogP contribution in [0.1, 0.15) is 16.7 Å². The third-order valence-corrected chi connectivity index (χ3v) is 6.38. The number of carbonyl (C=O) groups is 1. The number of rotatable bonds is 6. The molecule has 2 heterocycles. The number of thioether (sulfide) groups is 1. The van der Waals surface area contributed by atoms with Gasteiger partial charge in [-0.3, -0.25) is 4.79 Å². The lowest BCUT2D eigenvalue weighted by Crippen LogP contribution is -2.37. The molecule has 1 aliphatic heterocycles. The van der Waals surface area contributed by atoms with Gasteiger partial charge in [-0.15, -0.1) is 5.10 Å². The summed E-state index contributed by atoms with van der Waals surface area (Å²) >= 11 is 1.10. The predicted octanol–water partition coefficient (Wildman–Crippen LogP) is 3.87. The molecular formula is C22H23F3N6O2S. The highest BCUT2D eigenvalue weighted by molar-refractivity contribution is 7.99. The molecule has 3 aromatic rings. The van der Waals surface area contributed by atoms with Gasteiger partial charge in [-0.25, -0.2) is 0 Å². The molecule has 1 saturated heterocycles. The molecule has 0 radical (unpaired) electrons. The average Bonchev–Trinajstić information content (AvgIpc) is 3.28. The Hall–Kier alpha value is -3.12. The topological polar surface area (TPSA) is 85.2 Å². The zero-order valence-electron chi connectivity index (χ0n) is 18.6. The third-order valence-electron chi connectivity index (χ3n) is 5.46. The molecule has 8 nitrogen and oxygen atoms in total. The number of ether oxygens (including phenoxy) is 1. The van der Waals surface area contributed by atoms with Gasteiger partial charge in [-0.1, -0.05) is 17.8 Å². The monoisotopic (exact) mass is 492 g/mol. The van der Waals surface area contributed by atoms with Gasteiger partial charge in [0, 0.05) is 13.1 Å². The Labute approximate surface area is 198 Å². The Kier molecular flexibility index (Phi) is 7.08. The van der Waals surface area contributed by atoms with E-state index >= 15 is 0 Å². The van der Waals surface area contributed by atoms with Gasteiger partial charge in [-0.2, -0.15) is 17.9 Å². The summed E-state index contributed by atoms with van der Waals surface area (Å²) in [6, 6.07) is 9.14. The van der Waals surface area contributed by atoms with Crippen molar-refractivity contribution in [1.82, 2.24) is 20.2 Å². The zero-order chi connectivity index (χ0) is 24.3. The third kappa shape index (κ3) is 5.50. The van der Waals surface area contributed by atoms with E-state index in [0.29, 0.717) is 37.1 Å². The van der Waals surface area contributed by atoms with Crippen molar-refractivity contribution in [2.75, 3.05) is 42.3 Å². The molecular weight excluding hydrogens is 469 g/mol. The molecule has 0 bridgehead atoms. The van der Waals surface area contributed by atoms with Gasteiger partial charge < -0.3 is 15.0 Å². The summed E-state index contributed by atoms with van der Waals surface area (Å²) in [4.78, 5) is 14.6. The maximum absolute atomic E-state index is 13.3. The summed E-state index contributed by atoms with van der Waals surface area (Å²) < 4.78 is 46.7. The number of carbonyl (C=O) groups excluding carboxylic acids is 1. The van der Waals surface area contributed by atoms with Crippen molar-refractivity contribution in [2.24, 2.45) is 0 Å². The summed E-state index contributed by atoms with van der Waals surface area (Å²) in [7, 11) is 0. The molecule has 1 aliphatic rings. The summed E-state index contributed by atoms with van der Waals surface area (Å²) in [6.07, 6.45) is -4.52. The Morgan fingerprint density at radius 1 is 1.12 bits per heavy atom. The average molecular weight is 493 g/mol. The number of nitrogens with one attached hydrogen (secondary N) is 1. The van der Waals surface area contributed by atoms with Crippen molar-refractivity contribution in [3.63, 3.8) is 0 Å². The van der Waals surface area contributed by atoms with Crippen molar-refractivity contribution in [3.05, 3.63) is 53.1 Å². The van der Waals surface area contributed by atoms with Gasteiger partial charge in [0.15, 0.2) is 0 Å². The minimum atomic E-state index is -4.52. The second kappa shape index (κ2) is 10.0. The first-order valence-electron chi connectivity index (χ1n) is 10.5. The first-order valence-corrected chi connectivity index (χ1v) is 11.5. The van der Waals surface area contributed by atoms with Gasteiger partial charge in [0.05, 0.1) is 41.6 Å². The highest BCUT2D eigenvalue weighted by Crippen LogP contribution is 2.36. The fourth-order valence-electron chi connectivity index (χ4n) is 3.50. The van der Waals surface area contributed by atoms with Crippen LogP contribution in [0.5, 0.6) is 0 Å². The maximum atomic E-state index is 13.3. The van der Waals surface area contributed by atoms with Crippen LogP contribution >= 0.6 is 11.8 Å². The second-order valence-electron chi connectivity index (χ2n) is 7.81. The number of anilines is 2. The van der Waals surface area contributed by atoms with Crippen LogP contribution in [-0.2, 0) is 15.7 Å². The van der Waals surface area contributed by atoms with E-state index in [-0.39, 0.29) is 11.4 Å².